The highest BCUT2D eigenvalue weighted by Crippen LogP contribution is 2.13. The first-order valence-electron chi connectivity index (χ1n) is 5.95. The second kappa shape index (κ2) is 7.12. The Morgan fingerprint density at radius 3 is 2.94 bits per heavy atom. The molecule has 1 aromatic carbocycles. The topological polar surface area (TPSA) is 41.1 Å². The molecule has 1 fully saturated rings. The number of nitrogens with one attached hydrogen (secondary N) is 2. The van der Waals surface area contributed by atoms with E-state index >= 15 is 0 Å². The van der Waals surface area contributed by atoms with E-state index in [0.29, 0.717) is 11.6 Å². The molecule has 0 saturated carbocycles. The van der Waals surface area contributed by atoms with Crippen molar-refractivity contribution < 1.29 is 4.79 Å². The second-order valence-electron chi connectivity index (χ2n) is 4.56. The van der Waals surface area contributed by atoms with Crippen molar-refractivity contribution in [1.82, 2.24) is 10.6 Å². The van der Waals surface area contributed by atoms with Crippen molar-refractivity contribution >= 4 is 34.2 Å². The molecule has 0 radical (unpaired) electrons. The molecular formula is C13H18BrClN2O. The molecule has 3 nitrogen and oxygen atoms in total. The first kappa shape index (κ1) is 15.5. The van der Waals surface area contributed by atoms with E-state index in [-0.39, 0.29) is 24.4 Å². The van der Waals surface area contributed by atoms with Crippen molar-refractivity contribution in [2.45, 2.75) is 31.8 Å². The van der Waals surface area contributed by atoms with Crippen molar-refractivity contribution in [3.8, 4) is 0 Å². The molecule has 1 saturated heterocycles. The maximum absolute atomic E-state index is 12.0. The van der Waals surface area contributed by atoms with Gasteiger partial charge in [0.2, 0.25) is 0 Å². The predicted octanol–water partition coefficient (Wildman–Crippen LogP) is 2.74. The van der Waals surface area contributed by atoms with Gasteiger partial charge >= 0.3 is 0 Å². The summed E-state index contributed by atoms with van der Waals surface area (Å²) in [5, 5.41) is 6.47. The van der Waals surface area contributed by atoms with Gasteiger partial charge in [0.15, 0.2) is 0 Å². The fourth-order valence-electron chi connectivity index (χ4n) is 2.16. The molecule has 100 valence electrons. The largest absolute Gasteiger partial charge is 0.349 e. The zero-order valence-corrected chi connectivity index (χ0v) is 12.7. The molecule has 2 rings (SSSR count). The Hall–Kier alpha value is -0.580. The molecule has 1 aliphatic rings. The average Bonchev–Trinajstić information content (AvgIpc) is 2.29. The summed E-state index contributed by atoms with van der Waals surface area (Å²) < 4.78 is 0.934. The predicted molar refractivity (Wildman–Crippen MR) is 79.3 cm³/mol. The number of amides is 1. The molecule has 1 heterocycles. The van der Waals surface area contributed by atoms with Gasteiger partial charge in [-0.3, -0.25) is 4.79 Å². The van der Waals surface area contributed by atoms with Crippen LogP contribution in [0, 0.1) is 0 Å². The van der Waals surface area contributed by atoms with Gasteiger partial charge in [-0.2, -0.15) is 0 Å². The van der Waals surface area contributed by atoms with Crippen LogP contribution in [0.3, 0.4) is 0 Å². The van der Waals surface area contributed by atoms with E-state index in [9.17, 15) is 4.79 Å². The zero-order valence-electron chi connectivity index (χ0n) is 10.3. The number of hydrogen-bond acceptors (Lipinski definition) is 2. The highest BCUT2D eigenvalue weighted by atomic mass is 79.9. The third-order valence-electron chi connectivity index (χ3n) is 3.05. The van der Waals surface area contributed by atoms with E-state index in [2.05, 4.69) is 33.5 Å². The molecule has 1 aromatic rings. The van der Waals surface area contributed by atoms with E-state index in [1.54, 1.807) is 0 Å². The van der Waals surface area contributed by atoms with Gasteiger partial charge < -0.3 is 10.6 Å². The van der Waals surface area contributed by atoms with Crippen molar-refractivity contribution in [3.05, 3.63) is 34.3 Å². The highest BCUT2D eigenvalue weighted by Gasteiger charge is 2.20. The molecule has 2 atom stereocenters. The first-order chi connectivity index (χ1) is 8.15. The average molecular weight is 334 g/mol. The Labute approximate surface area is 122 Å². The summed E-state index contributed by atoms with van der Waals surface area (Å²) in [6.07, 6.45) is 2.00. The summed E-state index contributed by atoms with van der Waals surface area (Å²) in [6.45, 7) is 3.13. The van der Waals surface area contributed by atoms with Crippen molar-refractivity contribution in [1.29, 1.82) is 0 Å². The Morgan fingerprint density at radius 1 is 1.50 bits per heavy atom. The van der Waals surface area contributed by atoms with Gasteiger partial charge in [0.25, 0.3) is 5.91 Å². The lowest BCUT2D eigenvalue weighted by Crippen LogP contribution is -2.46. The van der Waals surface area contributed by atoms with Gasteiger partial charge in [-0.1, -0.05) is 22.0 Å². The molecular weight excluding hydrogens is 316 g/mol. The number of hydrogen-bond donors (Lipinski definition) is 2. The van der Waals surface area contributed by atoms with Crippen LogP contribution in [0.5, 0.6) is 0 Å². The summed E-state index contributed by atoms with van der Waals surface area (Å²) in [5.41, 5.74) is 0.713. The first-order valence-corrected chi connectivity index (χ1v) is 6.74. The molecule has 0 aliphatic carbocycles. The quantitative estimate of drug-likeness (QED) is 0.874. The third-order valence-corrected chi connectivity index (χ3v) is 3.54. The lowest BCUT2D eigenvalue weighted by molar-refractivity contribution is 0.0925. The van der Waals surface area contributed by atoms with Crippen LogP contribution in [0.15, 0.2) is 28.7 Å². The fourth-order valence-corrected chi connectivity index (χ4v) is 2.56. The fraction of sp³-hybridized carbons (Fsp3) is 0.462. The van der Waals surface area contributed by atoms with Crippen LogP contribution in [0.2, 0.25) is 0 Å². The van der Waals surface area contributed by atoms with Gasteiger partial charge in [-0.15, -0.1) is 12.4 Å². The third kappa shape index (κ3) is 4.26. The van der Waals surface area contributed by atoms with Crippen LogP contribution in [0.4, 0.5) is 0 Å². The molecule has 0 bridgehead atoms. The van der Waals surface area contributed by atoms with Crippen molar-refractivity contribution in [2.24, 2.45) is 0 Å². The van der Waals surface area contributed by atoms with E-state index < -0.39 is 0 Å². The van der Waals surface area contributed by atoms with Gasteiger partial charge in [-0.25, -0.2) is 0 Å². The Bertz CT molecular complexity index is 414. The molecule has 1 aliphatic heterocycles. The van der Waals surface area contributed by atoms with Crippen molar-refractivity contribution in [3.63, 3.8) is 0 Å². The molecule has 5 heteroatoms. The number of rotatable bonds is 2. The number of piperidine rings is 1. The van der Waals surface area contributed by atoms with Crippen molar-refractivity contribution in [2.75, 3.05) is 6.54 Å². The number of benzene rings is 1. The molecule has 18 heavy (non-hydrogen) atoms. The maximum Gasteiger partial charge on any atom is 0.251 e. The van der Waals surface area contributed by atoms with Crippen LogP contribution < -0.4 is 10.6 Å². The summed E-state index contributed by atoms with van der Waals surface area (Å²) >= 11 is 3.38. The van der Waals surface area contributed by atoms with Crippen LogP contribution in [0.1, 0.15) is 30.1 Å². The van der Waals surface area contributed by atoms with Crippen LogP contribution in [0.25, 0.3) is 0 Å². The molecule has 2 N–H and O–H groups in total. The monoisotopic (exact) mass is 332 g/mol. The van der Waals surface area contributed by atoms with E-state index in [4.69, 9.17) is 0 Å². The summed E-state index contributed by atoms with van der Waals surface area (Å²) in [6, 6.07) is 8.26. The van der Waals surface area contributed by atoms with Gasteiger partial charge in [-0.05, 0) is 44.5 Å². The summed E-state index contributed by atoms with van der Waals surface area (Å²) in [5.74, 6) is 0.0189. The van der Waals surface area contributed by atoms with Gasteiger partial charge in [0.1, 0.15) is 0 Å². The Kier molecular flexibility index (Phi) is 6.12. The normalized spacial score (nSPS) is 23.0. The number of carbonyl (C=O) groups excluding carboxylic acids is 1. The van der Waals surface area contributed by atoms with E-state index in [1.165, 1.54) is 0 Å². The lowest BCUT2D eigenvalue weighted by atomic mass is 10.0. The summed E-state index contributed by atoms with van der Waals surface area (Å²) in [7, 11) is 0. The van der Waals surface area contributed by atoms with Gasteiger partial charge in [0, 0.05) is 22.1 Å². The number of carbonyl (C=O) groups is 1. The second-order valence-corrected chi connectivity index (χ2v) is 5.48. The summed E-state index contributed by atoms with van der Waals surface area (Å²) in [4.78, 5) is 12.0. The minimum atomic E-state index is 0. The standard InChI is InChI=1S/C13H17BrN2O.ClH/c1-9-7-12(5-6-15-9)16-13(17)10-3-2-4-11(14)8-10;/h2-4,8-9,12,15H,5-7H2,1H3,(H,16,17);1H. The van der Waals surface area contributed by atoms with Crippen LogP contribution in [-0.2, 0) is 0 Å². The lowest BCUT2D eigenvalue weighted by Gasteiger charge is -2.28. The van der Waals surface area contributed by atoms with Crippen LogP contribution in [-0.4, -0.2) is 24.5 Å². The van der Waals surface area contributed by atoms with E-state index in [0.717, 1.165) is 23.9 Å². The molecule has 0 aromatic heterocycles. The SMILES string of the molecule is CC1CC(NC(=O)c2cccc(Br)c2)CCN1.Cl. The number of halogens is 2. The molecule has 2 unspecified atom stereocenters. The zero-order chi connectivity index (χ0) is 12.3. The Balaban J connectivity index is 0.00000162. The van der Waals surface area contributed by atoms with E-state index in [1.807, 2.05) is 24.3 Å². The maximum atomic E-state index is 12.0. The minimum absolute atomic E-state index is 0. The molecule has 0 spiro atoms. The molecule has 1 amide bonds. The highest BCUT2D eigenvalue weighted by molar-refractivity contribution is 9.10. The van der Waals surface area contributed by atoms with Gasteiger partial charge in [0.05, 0.1) is 0 Å². The Morgan fingerprint density at radius 2 is 2.28 bits per heavy atom. The van der Waals surface area contributed by atoms with Crippen LogP contribution >= 0.6 is 28.3 Å². The smallest absolute Gasteiger partial charge is 0.251 e. The minimum Gasteiger partial charge on any atom is -0.349 e.